The van der Waals surface area contributed by atoms with Crippen LogP contribution in [0.5, 0.6) is 0 Å². The molecule has 0 saturated carbocycles. The fourth-order valence-electron chi connectivity index (χ4n) is 4.31. The second-order valence-corrected chi connectivity index (χ2v) is 7.82. The molecule has 0 radical (unpaired) electrons. The van der Waals surface area contributed by atoms with E-state index >= 15 is 0 Å². The summed E-state index contributed by atoms with van der Waals surface area (Å²) in [5, 5.41) is 4.50. The zero-order valence-corrected chi connectivity index (χ0v) is 17.1. The highest BCUT2D eigenvalue weighted by Crippen LogP contribution is 2.32. The highest BCUT2D eigenvalue weighted by atomic mass is 14.7. The van der Waals surface area contributed by atoms with E-state index in [1.165, 1.54) is 0 Å². The molecule has 0 aliphatic carbocycles. The molecule has 3 nitrogen and oxygen atoms in total. The summed E-state index contributed by atoms with van der Waals surface area (Å²) in [7, 11) is 0. The van der Waals surface area contributed by atoms with Crippen LogP contribution >= 0.6 is 0 Å². The van der Waals surface area contributed by atoms with Crippen LogP contribution in [0, 0.1) is 6.92 Å². The first-order chi connectivity index (χ1) is 15.3. The van der Waals surface area contributed by atoms with Crippen molar-refractivity contribution < 1.29 is 0 Å². The van der Waals surface area contributed by atoms with E-state index in [1.54, 1.807) is 0 Å². The summed E-state index contributed by atoms with van der Waals surface area (Å²) >= 11 is 0. The monoisotopic (exact) mass is 397 g/mol. The fraction of sp³-hybridized carbons (Fsp3) is 0.0357. The van der Waals surface area contributed by atoms with Crippen LogP contribution in [-0.4, -0.2) is 15.0 Å². The lowest BCUT2D eigenvalue weighted by Crippen LogP contribution is -1.91. The van der Waals surface area contributed by atoms with Crippen molar-refractivity contribution in [3.8, 4) is 22.5 Å². The molecule has 31 heavy (non-hydrogen) atoms. The summed E-state index contributed by atoms with van der Waals surface area (Å²) in [5.41, 5.74) is 7.27. The number of aryl methyl sites for hydroxylation is 1. The third kappa shape index (κ3) is 2.94. The Kier molecular flexibility index (Phi) is 4.00. The SMILES string of the molecule is Cc1cccnc1-c1cccc(-c2ccc3ccc4ccc5cccnc5c4c3n2)c1. The molecule has 3 aromatic carbocycles. The zero-order valence-electron chi connectivity index (χ0n) is 17.1. The van der Waals surface area contributed by atoms with Gasteiger partial charge in [0.15, 0.2) is 0 Å². The van der Waals surface area contributed by atoms with Crippen molar-refractivity contribution in [2.24, 2.45) is 0 Å². The second kappa shape index (κ2) is 6.99. The first-order valence-electron chi connectivity index (χ1n) is 10.4. The van der Waals surface area contributed by atoms with Gasteiger partial charge in [0.05, 0.1) is 22.4 Å². The van der Waals surface area contributed by atoms with Gasteiger partial charge < -0.3 is 0 Å². The number of nitrogens with zero attached hydrogens (tertiary/aromatic N) is 3. The smallest absolute Gasteiger partial charge is 0.0809 e. The van der Waals surface area contributed by atoms with E-state index in [-0.39, 0.29) is 0 Å². The van der Waals surface area contributed by atoms with Crippen LogP contribution in [0.3, 0.4) is 0 Å². The first-order valence-corrected chi connectivity index (χ1v) is 10.4. The standard InChI is InChI=1S/C28H19N3/c1-18-5-3-15-29-26(18)23-7-2-6-22(17-23)24-14-13-21-12-10-19-9-11-20-8-4-16-30-27(20)25(19)28(21)31-24/h2-17H,1H3. The van der Waals surface area contributed by atoms with Crippen molar-refractivity contribution in [1.82, 2.24) is 15.0 Å². The second-order valence-electron chi connectivity index (χ2n) is 7.82. The van der Waals surface area contributed by atoms with Crippen LogP contribution in [0.15, 0.2) is 97.3 Å². The van der Waals surface area contributed by atoms with Gasteiger partial charge in [0, 0.05) is 39.7 Å². The van der Waals surface area contributed by atoms with Gasteiger partial charge in [-0.15, -0.1) is 0 Å². The predicted octanol–water partition coefficient (Wildman–Crippen LogP) is 6.97. The van der Waals surface area contributed by atoms with E-state index in [4.69, 9.17) is 4.98 Å². The fourth-order valence-corrected chi connectivity index (χ4v) is 4.31. The molecule has 0 fully saturated rings. The highest BCUT2D eigenvalue weighted by molar-refractivity contribution is 6.17. The Bertz CT molecular complexity index is 1600. The number of benzene rings is 3. The Labute approximate surface area is 180 Å². The van der Waals surface area contributed by atoms with Gasteiger partial charge >= 0.3 is 0 Å². The number of hydrogen-bond acceptors (Lipinski definition) is 3. The average Bonchev–Trinajstić information content (AvgIpc) is 2.83. The molecule has 6 aromatic rings. The normalized spacial score (nSPS) is 11.4. The third-order valence-electron chi connectivity index (χ3n) is 5.85. The molecule has 3 heterocycles. The molecule has 0 atom stereocenters. The number of pyridine rings is 3. The lowest BCUT2D eigenvalue weighted by Gasteiger charge is -2.10. The molecular weight excluding hydrogens is 378 g/mol. The van der Waals surface area contributed by atoms with Gasteiger partial charge in [0.25, 0.3) is 0 Å². The van der Waals surface area contributed by atoms with Gasteiger partial charge in [-0.05, 0) is 42.1 Å². The van der Waals surface area contributed by atoms with Crippen molar-refractivity contribution in [1.29, 1.82) is 0 Å². The Morgan fingerprint density at radius 3 is 2.16 bits per heavy atom. The molecule has 0 aliphatic heterocycles. The summed E-state index contributed by atoms with van der Waals surface area (Å²) in [6, 6.07) is 29.4. The Morgan fingerprint density at radius 2 is 1.29 bits per heavy atom. The molecule has 0 unspecified atom stereocenters. The van der Waals surface area contributed by atoms with Crippen LogP contribution in [0.25, 0.3) is 55.1 Å². The number of hydrogen-bond donors (Lipinski definition) is 0. The van der Waals surface area contributed by atoms with E-state index < -0.39 is 0 Å². The lowest BCUT2D eigenvalue weighted by molar-refractivity contribution is 1.27. The van der Waals surface area contributed by atoms with Gasteiger partial charge in [-0.1, -0.05) is 60.7 Å². The van der Waals surface area contributed by atoms with Gasteiger partial charge in [-0.2, -0.15) is 0 Å². The van der Waals surface area contributed by atoms with Gasteiger partial charge in [-0.25, -0.2) is 4.98 Å². The van der Waals surface area contributed by atoms with Crippen molar-refractivity contribution in [2.45, 2.75) is 6.92 Å². The minimum Gasteiger partial charge on any atom is -0.256 e. The van der Waals surface area contributed by atoms with E-state index in [2.05, 4.69) is 89.7 Å². The van der Waals surface area contributed by atoms with E-state index in [0.29, 0.717) is 0 Å². The first kappa shape index (κ1) is 17.7. The molecule has 0 N–H and O–H groups in total. The van der Waals surface area contributed by atoms with E-state index in [1.807, 2.05) is 24.5 Å². The van der Waals surface area contributed by atoms with Crippen molar-refractivity contribution >= 4 is 32.6 Å². The Balaban J connectivity index is 1.59. The predicted molar refractivity (Wildman–Crippen MR) is 128 cm³/mol. The lowest BCUT2D eigenvalue weighted by atomic mass is 10.00. The minimum absolute atomic E-state index is 0.948. The molecule has 0 amide bonds. The van der Waals surface area contributed by atoms with Gasteiger partial charge in [-0.3, -0.25) is 9.97 Å². The molecule has 0 aliphatic rings. The maximum absolute atomic E-state index is 5.12. The van der Waals surface area contributed by atoms with Crippen molar-refractivity contribution in [3.63, 3.8) is 0 Å². The summed E-state index contributed by atoms with van der Waals surface area (Å²) in [5.74, 6) is 0. The summed E-state index contributed by atoms with van der Waals surface area (Å²) in [4.78, 5) is 14.4. The molecule has 146 valence electrons. The molecule has 0 saturated heterocycles. The zero-order chi connectivity index (χ0) is 20.8. The van der Waals surface area contributed by atoms with E-state index in [9.17, 15) is 0 Å². The maximum Gasteiger partial charge on any atom is 0.0809 e. The minimum atomic E-state index is 0.948. The van der Waals surface area contributed by atoms with Crippen LogP contribution in [0.2, 0.25) is 0 Å². The van der Waals surface area contributed by atoms with Crippen LogP contribution in [-0.2, 0) is 0 Å². The summed E-state index contributed by atoms with van der Waals surface area (Å²) in [6.07, 6.45) is 3.69. The third-order valence-corrected chi connectivity index (χ3v) is 5.85. The quantitative estimate of drug-likeness (QED) is 0.296. The highest BCUT2D eigenvalue weighted by Gasteiger charge is 2.10. The summed E-state index contributed by atoms with van der Waals surface area (Å²) in [6.45, 7) is 2.09. The number of aromatic nitrogens is 3. The number of rotatable bonds is 2. The van der Waals surface area contributed by atoms with E-state index in [0.717, 1.165) is 60.7 Å². The molecule has 0 bridgehead atoms. The number of fused-ring (bicyclic) bond motifs is 5. The largest absolute Gasteiger partial charge is 0.256 e. The summed E-state index contributed by atoms with van der Waals surface area (Å²) < 4.78 is 0. The molecule has 0 spiro atoms. The van der Waals surface area contributed by atoms with Crippen molar-refractivity contribution in [3.05, 3.63) is 103 Å². The van der Waals surface area contributed by atoms with Crippen LogP contribution < -0.4 is 0 Å². The average molecular weight is 397 g/mol. The Hall–Kier alpha value is -4.11. The van der Waals surface area contributed by atoms with Crippen LogP contribution in [0.1, 0.15) is 5.56 Å². The van der Waals surface area contributed by atoms with Crippen molar-refractivity contribution in [2.75, 3.05) is 0 Å². The Morgan fingerprint density at radius 1 is 0.581 bits per heavy atom. The van der Waals surface area contributed by atoms with Crippen LogP contribution in [0.4, 0.5) is 0 Å². The van der Waals surface area contributed by atoms with Gasteiger partial charge in [0.2, 0.25) is 0 Å². The molecular formula is C28H19N3. The molecule has 3 heteroatoms. The topological polar surface area (TPSA) is 38.7 Å². The maximum atomic E-state index is 5.12. The molecule has 3 aromatic heterocycles. The molecule has 6 rings (SSSR count). The van der Waals surface area contributed by atoms with Gasteiger partial charge in [0.1, 0.15) is 0 Å².